The van der Waals surface area contributed by atoms with Crippen LogP contribution in [0.3, 0.4) is 0 Å². The Balaban J connectivity index is 1.88. The van der Waals surface area contributed by atoms with Crippen molar-refractivity contribution >= 4 is 74.1 Å². The van der Waals surface area contributed by atoms with Crippen LogP contribution in [0.25, 0.3) is 6.08 Å². The van der Waals surface area contributed by atoms with E-state index in [1.807, 2.05) is 68.4 Å². The van der Waals surface area contributed by atoms with E-state index in [4.69, 9.17) is 4.74 Å². The highest BCUT2D eigenvalue weighted by Gasteiger charge is 2.30. The number of Topliss-reactive ketones (excluding diaryl/α,β-unsaturated/α-hetero) is 1. The molecule has 4 rings (SSSR count). The average Bonchev–Trinajstić information content (AvgIpc) is 3.11. The minimum absolute atomic E-state index is 0.0913. The first-order valence-electron chi connectivity index (χ1n) is 11.2. The molecule has 3 aromatic rings. The molecule has 36 heavy (non-hydrogen) atoms. The Morgan fingerprint density at radius 2 is 1.86 bits per heavy atom. The third-order valence-electron chi connectivity index (χ3n) is 5.79. The molecular weight excluding hydrogens is 700 g/mol. The Morgan fingerprint density at radius 1 is 1.22 bits per heavy atom. The number of anilines is 1. The molecule has 2 heterocycles. The van der Waals surface area contributed by atoms with Crippen molar-refractivity contribution < 1.29 is 9.53 Å². The van der Waals surface area contributed by atoms with Crippen LogP contribution >= 0.6 is 56.5 Å². The van der Waals surface area contributed by atoms with Crippen molar-refractivity contribution in [2.45, 2.75) is 19.9 Å². The lowest BCUT2D eigenvalue weighted by molar-refractivity contribution is -0.114. The Morgan fingerprint density at radius 3 is 2.42 bits per heavy atom. The van der Waals surface area contributed by atoms with Gasteiger partial charge >= 0.3 is 0 Å². The Labute approximate surface area is 241 Å². The molecule has 0 N–H and O–H groups in total. The van der Waals surface area contributed by atoms with Gasteiger partial charge in [0.05, 0.1) is 17.7 Å². The van der Waals surface area contributed by atoms with Gasteiger partial charge in [-0.25, -0.2) is 4.99 Å². The molecule has 0 bridgehead atoms. The average molecular weight is 725 g/mol. The quantitative estimate of drug-likeness (QED) is 0.263. The van der Waals surface area contributed by atoms with Crippen LogP contribution in [0.2, 0.25) is 0 Å². The summed E-state index contributed by atoms with van der Waals surface area (Å²) >= 11 is 5.82. The van der Waals surface area contributed by atoms with Gasteiger partial charge in [0.1, 0.15) is 12.4 Å². The van der Waals surface area contributed by atoms with E-state index in [-0.39, 0.29) is 11.3 Å². The molecule has 0 unspecified atom stereocenters. The maximum Gasteiger partial charge on any atom is 0.271 e. The molecule has 1 atom stereocenters. The predicted molar refractivity (Wildman–Crippen MR) is 163 cm³/mol. The zero-order valence-electron chi connectivity index (χ0n) is 20.3. The summed E-state index contributed by atoms with van der Waals surface area (Å²) in [4.78, 5) is 33.7. The van der Waals surface area contributed by atoms with Crippen molar-refractivity contribution in [2.75, 3.05) is 25.6 Å². The molecule has 1 aromatic heterocycles. The molecule has 9 heteroatoms. The van der Waals surface area contributed by atoms with Crippen molar-refractivity contribution in [3.63, 3.8) is 0 Å². The van der Waals surface area contributed by atoms with Gasteiger partial charge in [0.15, 0.2) is 10.6 Å². The Bertz CT molecular complexity index is 1540. The number of ketones is 1. The van der Waals surface area contributed by atoms with Crippen LogP contribution < -0.4 is 24.5 Å². The van der Waals surface area contributed by atoms with E-state index in [9.17, 15) is 9.59 Å². The highest BCUT2D eigenvalue weighted by Crippen LogP contribution is 2.32. The fourth-order valence-corrected chi connectivity index (χ4v) is 7.31. The van der Waals surface area contributed by atoms with Crippen LogP contribution in [0.1, 0.15) is 31.0 Å². The van der Waals surface area contributed by atoms with Gasteiger partial charge in [-0.1, -0.05) is 36.1 Å². The van der Waals surface area contributed by atoms with Crippen LogP contribution in [-0.4, -0.2) is 31.1 Å². The van der Waals surface area contributed by atoms with E-state index in [0.717, 1.165) is 29.7 Å². The van der Waals surface area contributed by atoms with Crippen LogP contribution in [-0.2, 0) is 4.79 Å². The van der Waals surface area contributed by atoms with Crippen LogP contribution in [0.4, 0.5) is 5.69 Å². The van der Waals surface area contributed by atoms with Crippen molar-refractivity contribution in [2.24, 2.45) is 4.99 Å². The van der Waals surface area contributed by atoms with Crippen LogP contribution in [0.5, 0.6) is 5.75 Å². The number of carbonyl (C=O) groups excluding carboxylic acids is 1. The number of thiazole rings is 1. The lowest BCUT2D eigenvalue weighted by atomic mass is 9.93. The fraction of sp³-hybridized carbons (Fsp3) is 0.222. The summed E-state index contributed by atoms with van der Waals surface area (Å²) in [5.74, 6) is 0.712. The Kier molecular flexibility index (Phi) is 8.20. The van der Waals surface area contributed by atoms with Crippen molar-refractivity contribution in [3.8, 4) is 5.75 Å². The third-order valence-corrected chi connectivity index (χ3v) is 8.38. The maximum absolute atomic E-state index is 13.7. The van der Waals surface area contributed by atoms with Gasteiger partial charge in [0.25, 0.3) is 5.56 Å². The molecule has 0 fully saturated rings. The van der Waals surface area contributed by atoms with Crippen LogP contribution in [0.15, 0.2) is 70.1 Å². The molecule has 0 radical (unpaired) electrons. The number of nitrogens with zero attached hydrogens (tertiary/aromatic N) is 3. The zero-order chi connectivity index (χ0) is 26.1. The van der Waals surface area contributed by atoms with Gasteiger partial charge < -0.3 is 9.64 Å². The van der Waals surface area contributed by atoms with Crippen molar-refractivity contribution in [3.05, 3.63) is 98.3 Å². The normalized spacial score (nSPS) is 15.4. The first-order valence-corrected chi connectivity index (χ1v) is 14.1. The predicted octanol–water partition coefficient (Wildman–Crippen LogP) is 4.66. The van der Waals surface area contributed by atoms with Crippen molar-refractivity contribution in [1.29, 1.82) is 0 Å². The second-order valence-electron chi connectivity index (χ2n) is 8.54. The summed E-state index contributed by atoms with van der Waals surface area (Å²) in [6.45, 7) is 7.50. The van der Waals surface area contributed by atoms with Gasteiger partial charge in [-0.15, -0.1) is 0 Å². The SMILES string of the molecule is C=CCOc1c(I)cc(C=c2sc3n(c2=O)[C@H](c2ccc(N(C)C)cc2)C(C(C)=O)=C(C)N=3)cc1I. The van der Waals surface area contributed by atoms with E-state index in [0.29, 0.717) is 27.2 Å². The number of fused-ring (bicyclic) bond motifs is 1. The second-order valence-corrected chi connectivity index (χ2v) is 11.9. The van der Waals surface area contributed by atoms with Crippen molar-refractivity contribution in [1.82, 2.24) is 4.57 Å². The highest BCUT2D eigenvalue weighted by atomic mass is 127. The lowest BCUT2D eigenvalue weighted by Crippen LogP contribution is -2.39. The highest BCUT2D eigenvalue weighted by molar-refractivity contribution is 14.1. The maximum atomic E-state index is 13.7. The molecule has 0 saturated heterocycles. The molecule has 6 nitrogen and oxygen atoms in total. The molecule has 0 spiro atoms. The molecule has 1 aliphatic rings. The number of ether oxygens (including phenoxy) is 1. The summed E-state index contributed by atoms with van der Waals surface area (Å²) in [5, 5.41) is 0. The minimum atomic E-state index is -0.521. The molecule has 0 amide bonds. The summed E-state index contributed by atoms with van der Waals surface area (Å²) in [7, 11) is 3.95. The monoisotopic (exact) mass is 725 g/mol. The summed E-state index contributed by atoms with van der Waals surface area (Å²) in [5.41, 5.74) is 3.84. The van der Waals surface area contributed by atoms with E-state index in [1.165, 1.54) is 18.3 Å². The van der Waals surface area contributed by atoms with E-state index in [1.54, 1.807) is 10.6 Å². The van der Waals surface area contributed by atoms with Crippen LogP contribution in [0, 0.1) is 7.14 Å². The molecular formula is C27H25I2N3O3S. The van der Waals surface area contributed by atoms with E-state index < -0.39 is 6.04 Å². The first-order chi connectivity index (χ1) is 17.1. The number of carbonyl (C=O) groups is 1. The summed E-state index contributed by atoms with van der Waals surface area (Å²) < 4.78 is 9.90. The zero-order valence-corrected chi connectivity index (χ0v) is 25.5. The molecule has 0 saturated carbocycles. The molecule has 186 valence electrons. The number of halogens is 2. The fourth-order valence-electron chi connectivity index (χ4n) is 4.14. The number of hydrogen-bond donors (Lipinski definition) is 0. The number of rotatable bonds is 7. The lowest BCUT2D eigenvalue weighted by Gasteiger charge is -2.25. The largest absolute Gasteiger partial charge is 0.487 e. The minimum Gasteiger partial charge on any atom is -0.487 e. The molecule has 1 aliphatic heterocycles. The third kappa shape index (κ3) is 5.23. The first kappa shape index (κ1) is 26.8. The number of aromatic nitrogens is 1. The summed E-state index contributed by atoms with van der Waals surface area (Å²) in [6.07, 6.45) is 3.59. The molecule has 0 aliphatic carbocycles. The van der Waals surface area contributed by atoms with E-state index in [2.05, 4.69) is 56.8 Å². The van der Waals surface area contributed by atoms with Gasteiger partial charge in [0.2, 0.25) is 0 Å². The van der Waals surface area contributed by atoms with Gasteiger partial charge in [-0.05, 0) is 100 Å². The number of hydrogen-bond acceptors (Lipinski definition) is 6. The molecule has 2 aromatic carbocycles. The van der Waals surface area contributed by atoms with Gasteiger partial charge in [0, 0.05) is 31.1 Å². The second kappa shape index (κ2) is 11.0. The smallest absolute Gasteiger partial charge is 0.271 e. The topological polar surface area (TPSA) is 63.9 Å². The van der Waals surface area contributed by atoms with Gasteiger partial charge in [-0.3, -0.25) is 14.2 Å². The van der Waals surface area contributed by atoms with E-state index >= 15 is 0 Å². The van der Waals surface area contributed by atoms with Gasteiger partial charge in [-0.2, -0.15) is 0 Å². The number of benzene rings is 2. The standard InChI is InChI=1S/C27H25I2N3O3S/c1-6-11-35-25-20(28)12-17(13-21(25)29)14-22-26(34)32-24(18-7-9-19(10-8-18)31(4)5)23(16(3)33)15(2)30-27(32)36-22/h6-10,12-14,24H,1,11H2,2-5H3/t24-/m1/s1. The number of allylic oxidation sites excluding steroid dienone is 2. The summed E-state index contributed by atoms with van der Waals surface area (Å²) in [6, 6.07) is 11.4. The Hall–Kier alpha value is -2.25.